The van der Waals surface area contributed by atoms with Crippen LogP contribution in [-0.2, 0) is 20.6 Å². The highest BCUT2D eigenvalue weighted by atomic mass is 35.5. The summed E-state index contributed by atoms with van der Waals surface area (Å²) in [7, 11) is -3.38. The summed E-state index contributed by atoms with van der Waals surface area (Å²) in [6, 6.07) is 6.90. The zero-order valence-electron chi connectivity index (χ0n) is 13.3. The van der Waals surface area contributed by atoms with E-state index in [9.17, 15) is 13.2 Å². The van der Waals surface area contributed by atoms with Gasteiger partial charge in [0.15, 0.2) is 0 Å². The van der Waals surface area contributed by atoms with Gasteiger partial charge in [-0.2, -0.15) is 0 Å². The number of hydrogen-bond donors (Lipinski definition) is 1. The molecule has 1 aliphatic rings. The third kappa shape index (κ3) is 5.19. The highest BCUT2D eigenvalue weighted by Gasteiger charge is 2.30. The first-order valence-electron chi connectivity index (χ1n) is 7.92. The first-order valence-corrected chi connectivity index (χ1v) is 9.91. The molecule has 2 rings (SSSR count). The molecular formula is C16H23ClN2O3S. The molecule has 0 aromatic heterocycles. The molecule has 0 atom stereocenters. The normalized spacial score (nSPS) is 17.1. The Hall–Kier alpha value is -1.11. The fourth-order valence-corrected chi connectivity index (χ4v) is 4.48. The summed E-state index contributed by atoms with van der Waals surface area (Å²) in [4.78, 5) is 11.9. The molecule has 1 aliphatic heterocycles. The Morgan fingerprint density at radius 1 is 1.35 bits per heavy atom. The summed E-state index contributed by atoms with van der Waals surface area (Å²) in [5, 5.41) is 3.41. The molecule has 1 amide bonds. The Morgan fingerprint density at radius 2 is 2.04 bits per heavy atom. The van der Waals surface area contributed by atoms with Gasteiger partial charge in [0, 0.05) is 30.6 Å². The van der Waals surface area contributed by atoms with Crippen molar-refractivity contribution in [2.45, 2.75) is 31.9 Å². The first kappa shape index (κ1) is 18.2. The first-order chi connectivity index (χ1) is 10.9. The summed E-state index contributed by atoms with van der Waals surface area (Å²) in [6.07, 6.45) is 2.05. The molecule has 128 valence electrons. The second-order valence-corrected chi connectivity index (χ2v) is 8.26. The lowest BCUT2D eigenvalue weighted by molar-refractivity contribution is -0.126. The molecule has 0 bridgehead atoms. The molecule has 1 N–H and O–H groups in total. The summed E-state index contributed by atoms with van der Waals surface area (Å²) in [5.74, 6) is -0.0989. The van der Waals surface area contributed by atoms with Crippen LogP contribution in [0.4, 0.5) is 0 Å². The lowest BCUT2D eigenvalue weighted by Gasteiger charge is -2.30. The van der Waals surface area contributed by atoms with Gasteiger partial charge in [0.1, 0.15) is 0 Å². The van der Waals surface area contributed by atoms with Gasteiger partial charge >= 0.3 is 0 Å². The van der Waals surface area contributed by atoms with Crippen molar-refractivity contribution < 1.29 is 13.2 Å². The molecule has 0 radical (unpaired) electrons. The zero-order chi connectivity index (χ0) is 16.9. The topological polar surface area (TPSA) is 66.5 Å². The number of hydrogen-bond acceptors (Lipinski definition) is 3. The largest absolute Gasteiger partial charge is 0.356 e. The van der Waals surface area contributed by atoms with Crippen molar-refractivity contribution >= 4 is 27.5 Å². The standard InChI is InChI=1S/C16H23ClN2O3S/c1-2-8-18-16(20)14-6-9-19(10-7-14)23(21,22)12-13-4-3-5-15(17)11-13/h3-5,11,14H,2,6-10,12H2,1H3,(H,18,20). The quantitative estimate of drug-likeness (QED) is 0.849. The highest BCUT2D eigenvalue weighted by Crippen LogP contribution is 2.22. The predicted octanol–water partition coefficient (Wildman–Crippen LogP) is 2.41. The third-order valence-electron chi connectivity index (χ3n) is 4.01. The van der Waals surface area contributed by atoms with E-state index in [0.29, 0.717) is 43.1 Å². The zero-order valence-corrected chi connectivity index (χ0v) is 14.9. The molecule has 1 aromatic rings. The molecule has 1 heterocycles. The number of nitrogens with zero attached hydrogens (tertiary/aromatic N) is 1. The number of piperidine rings is 1. The van der Waals surface area contributed by atoms with Gasteiger partial charge in [0.05, 0.1) is 5.75 Å². The molecule has 7 heteroatoms. The third-order valence-corrected chi connectivity index (χ3v) is 6.09. The number of amides is 1. The molecule has 0 unspecified atom stereocenters. The highest BCUT2D eigenvalue weighted by molar-refractivity contribution is 7.88. The van der Waals surface area contributed by atoms with Crippen molar-refractivity contribution in [3.63, 3.8) is 0 Å². The average Bonchev–Trinajstić information content (AvgIpc) is 2.52. The van der Waals surface area contributed by atoms with E-state index in [-0.39, 0.29) is 17.6 Å². The summed E-state index contributed by atoms with van der Waals surface area (Å²) >= 11 is 5.90. The van der Waals surface area contributed by atoms with Gasteiger partial charge in [-0.1, -0.05) is 30.7 Å². The monoisotopic (exact) mass is 358 g/mol. The van der Waals surface area contributed by atoms with E-state index in [2.05, 4.69) is 5.32 Å². The van der Waals surface area contributed by atoms with Crippen LogP contribution in [0.5, 0.6) is 0 Å². The van der Waals surface area contributed by atoms with E-state index < -0.39 is 10.0 Å². The van der Waals surface area contributed by atoms with Crippen LogP contribution in [0.25, 0.3) is 0 Å². The van der Waals surface area contributed by atoms with E-state index in [0.717, 1.165) is 6.42 Å². The van der Waals surface area contributed by atoms with Crippen LogP contribution in [0.15, 0.2) is 24.3 Å². The molecular weight excluding hydrogens is 336 g/mol. The minimum Gasteiger partial charge on any atom is -0.356 e. The maximum absolute atomic E-state index is 12.5. The number of carbonyl (C=O) groups is 1. The van der Waals surface area contributed by atoms with Gasteiger partial charge in [0.25, 0.3) is 0 Å². The Labute approximate surface area is 143 Å². The number of rotatable bonds is 6. The van der Waals surface area contributed by atoms with Crippen LogP contribution in [0.3, 0.4) is 0 Å². The van der Waals surface area contributed by atoms with Crippen molar-refractivity contribution in [3.8, 4) is 0 Å². The fraction of sp³-hybridized carbons (Fsp3) is 0.562. The molecule has 5 nitrogen and oxygen atoms in total. The van der Waals surface area contributed by atoms with E-state index in [1.807, 2.05) is 6.92 Å². The fourth-order valence-electron chi connectivity index (χ4n) is 2.72. The maximum atomic E-state index is 12.5. The lowest BCUT2D eigenvalue weighted by Crippen LogP contribution is -2.43. The van der Waals surface area contributed by atoms with E-state index >= 15 is 0 Å². The van der Waals surface area contributed by atoms with Gasteiger partial charge < -0.3 is 5.32 Å². The van der Waals surface area contributed by atoms with Gasteiger partial charge in [0.2, 0.25) is 15.9 Å². The van der Waals surface area contributed by atoms with Gasteiger partial charge in [-0.05, 0) is 37.0 Å². The van der Waals surface area contributed by atoms with Crippen LogP contribution in [0, 0.1) is 5.92 Å². The Balaban J connectivity index is 1.92. The molecule has 23 heavy (non-hydrogen) atoms. The van der Waals surface area contributed by atoms with Gasteiger partial charge in [-0.3, -0.25) is 4.79 Å². The number of carbonyl (C=O) groups excluding carboxylic acids is 1. The van der Waals surface area contributed by atoms with Gasteiger partial charge in [-0.25, -0.2) is 12.7 Å². The maximum Gasteiger partial charge on any atom is 0.223 e. The van der Waals surface area contributed by atoms with Crippen LogP contribution >= 0.6 is 11.6 Å². The number of nitrogens with one attached hydrogen (secondary N) is 1. The predicted molar refractivity (Wildman–Crippen MR) is 91.7 cm³/mol. The van der Waals surface area contributed by atoms with Crippen LogP contribution in [0.1, 0.15) is 31.7 Å². The van der Waals surface area contributed by atoms with Crippen molar-refractivity contribution in [2.75, 3.05) is 19.6 Å². The van der Waals surface area contributed by atoms with Crippen molar-refractivity contribution in [1.82, 2.24) is 9.62 Å². The molecule has 1 saturated heterocycles. The van der Waals surface area contributed by atoms with E-state index in [1.54, 1.807) is 24.3 Å². The second-order valence-electron chi connectivity index (χ2n) is 5.85. The lowest BCUT2D eigenvalue weighted by atomic mass is 9.97. The summed E-state index contributed by atoms with van der Waals surface area (Å²) in [6.45, 7) is 3.47. The smallest absolute Gasteiger partial charge is 0.223 e. The number of benzene rings is 1. The van der Waals surface area contributed by atoms with Crippen molar-refractivity contribution in [2.24, 2.45) is 5.92 Å². The Kier molecular flexibility index (Phi) is 6.44. The Morgan fingerprint density at radius 3 is 2.65 bits per heavy atom. The molecule has 0 saturated carbocycles. The van der Waals surface area contributed by atoms with Crippen LogP contribution < -0.4 is 5.32 Å². The Bertz CT molecular complexity index is 640. The van der Waals surface area contributed by atoms with Crippen molar-refractivity contribution in [1.29, 1.82) is 0 Å². The minimum absolute atomic E-state index is 0.0405. The second kappa shape index (κ2) is 8.13. The number of sulfonamides is 1. The summed E-state index contributed by atoms with van der Waals surface area (Å²) in [5.41, 5.74) is 0.681. The molecule has 1 aromatic carbocycles. The van der Waals surface area contributed by atoms with Crippen molar-refractivity contribution in [3.05, 3.63) is 34.9 Å². The minimum atomic E-state index is -3.38. The van der Waals surface area contributed by atoms with Crippen LogP contribution in [-0.4, -0.2) is 38.3 Å². The number of halogens is 1. The van der Waals surface area contributed by atoms with E-state index in [1.165, 1.54) is 4.31 Å². The van der Waals surface area contributed by atoms with E-state index in [4.69, 9.17) is 11.6 Å². The van der Waals surface area contributed by atoms with Gasteiger partial charge in [-0.15, -0.1) is 0 Å². The molecule has 0 aliphatic carbocycles. The van der Waals surface area contributed by atoms with Crippen LogP contribution in [0.2, 0.25) is 5.02 Å². The average molecular weight is 359 g/mol. The SMILES string of the molecule is CCCNC(=O)C1CCN(S(=O)(=O)Cc2cccc(Cl)c2)CC1. The summed E-state index contributed by atoms with van der Waals surface area (Å²) < 4.78 is 26.5. The molecule has 1 fully saturated rings. The molecule has 0 spiro atoms.